The Bertz CT molecular complexity index is 645. The quantitative estimate of drug-likeness (QED) is 0.437. The molecule has 0 aliphatic rings. The van der Waals surface area contributed by atoms with E-state index >= 15 is 0 Å². The molecular formula is C16H20N4O2. The first-order chi connectivity index (χ1) is 10.8. The van der Waals surface area contributed by atoms with E-state index in [4.69, 9.17) is 11.2 Å². The molecule has 0 unspecified atom stereocenters. The van der Waals surface area contributed by atoms with Gasteiger partial charge in [-0.05, 0) is 31.4 Å². The van der Waals surface area contributed by atoms with Crippen LogP contribution in [0.5, 0.6) is 0 Å². The number of rotatable bonds is 9. The van der Waals surface area contributed by atoms with Crippen molar-refractivity contribution < 1.29 is 9.53 Å². The number of unbranched alkanes of at least 4 members (excludes halogenated alkanes) is 2. The van der Waals surface area contributed by atoms with Crippen LogP contribution in [0.25, 0.3) is 5.65 Å². The molecule has 0 radical (unpaired) electrons. The summed E-state index contributed by atoms with van der Waals surface area (Å²) >= 11 is 0. The highest BCUT2D eigenvalue weighted by Gasteiger charge is 2.02. The molecule has 22 heavy (non-hydrogen) atoms. The van der Waals surface area contributed by atoms with Gasteiger partial charge in [0.1, 0.15) is 5.82 Å². The zero-order valence-corrected chi connectivity index (χ0v) is 12.5. The summed E-state index contributed by atoms with van der Waals surface area (Å²) in [7, 11) is 0. The van der Waals surface area contributed by atoms with Gasteiger partial charge in [0.15, 0.2) is 5.65 Å². The Kier molecular flexibility index (Phi) is 6.24. The molecule has 2 aromatic rings. The van der Waals surface area contributed by atoms with E-state index in [2.05, 4.69) is 21.3 Å². The van der Waals surface area contributed by atoms with Crippen LogP contribution >= 0.6 is 0 Å². The molecule has 0 fully saturated rings. The van der Waals surface area contributed by atoms with E-state index in [1.54, 1.807) is 16.9 Å². The molecular weight excluding hydrogens is 280 g/mol. The normalized spacial score (nSPS) is 10.3. The molecule has 0 amide bonds. The average molecular weight is 300 g/mol. The first-order valence-electron chi connectivity index (χ1n) is 7.43. The van der Waals surface area contributed by atoms with Crippen molar-refractivity contribution in [3.8, 4) is 12.3 Å². The SMILES string of the molecule is C#CCCCCC(=O)OCCCNc1ccc2nccn2n1. The van der Waals surface area contributed by atoms with Crippen molar-refractivity contribution in [2.75, 3.05) is 18.5 Å². The lowest BCUT2D eigenvalue weighted by Gasteiger charge is -2.07. The van der Waals surface area contributed by atoms with Gasteiger partial charge in [0.25, 0.3) is 0 Å². The number of esters is 1. The fraction of sp³-hybridized carbons (Fsp3) is 0.438. The molecule has 0 aromatic carbocycles. The van der Waals surface area contributed by atoms with Gasteiger partial charge in [0.05, 0.1) is 6.61 Å². The monoisotopic (exact) mass is 300 g/mol. The van der Waals surface area contributed by atoms with E-state index in [-0.39, 0.29) is 5.97 Å². The topological polar surface area (TPSA) is 68.5 Å². The lowest BCUT2D eigenvalue weighted by Crippen LogP contribution is -2.11. The molecule has 0 aliphatic heterocycles. The van der Waals surface area contributed by atoms with Crippen molar-refractivity contribution in [3.63, 3.8) is 0 Å². The third-order valence-corrected chi connectivity index (χ3v) is 3.10. The molecule has 0 aliphatic carbocycles. The van der Waals surface area contributed by atoms with Crippen LogP contribution in [0.3, 0.4) is 0 Å². The van der Waals surface area contributed by atoms with E-state index in [9.17, 15) is 4.79 Å². The molecule has 0 atom stereocenters. The number of nitrogens with one attached hydrogen (secondary N) is 1. The van der Waals surface area contributed by atoms with E-state index < -0.39 is 0 Å². The standard InChI is InChI=1S/C16H20N4O2/c1-2-3-4-5-7-16(21)22-13-6-10-17-14-8-9-15-18-11-12-20(15)19-14/h1,8-9,11-12H,3-7,10,13H2,(H,17,19). The second kappa shape index (κ2) is 8.67. The van der Waals surface area contributed by atoms with Crippen LogP contribution in [-0.4, -0.2) is 33.7 Å². The summed E-state index contributed by atoms with van der Waals surface area (Å²) in [6.45, 7) is 1.10. The van der Waals surface area contributed by atoms with Gasteiger partial charge in [-0.25, -0.2) is 9.50 Å². The number of aromatic nitrogens is 3. The highest BCUT2D eigenvalue weighted by molar-refractivity contribution is 5.69. The average Bonchev–Trinajstić information content (AvgIpc) is 2.99. The molecule has 116 valence electrons. The van der Waals surface area contributed by atoms with Gasteiger partial charge in [0.2, 0.25) is 0 Å². The summed E-state index contributed by atoms with van der Waals surface area (Å²) < 4.78 is 6.86. The maximum absolute atomic E-state index is 11.4. The number of imidazole rings is 1. The van der Waals surface area contributed by atoms with E-state index in [0.29, 0.717) is 26.0 Å². The summed E-state index contributed by atoms with van der Waals surface area (Å²) in [5, 5.41) is 7.53. The summed E-state index contributed by atoms with van der Waals surface area (Å²) in [5.74, 6) is 3.17. The number of nitrogens with zero attached hydrogens (tertiary/aromatic N) is 3. The minimum absolute atomic E-state index is 0.157. The van der Waals surface area contributed by atoms with Gasteiger partial charge >= 0.3 is 5.97 Å². The molecule has 0 saturated heterocycles. The first-order valence-corrected chi connectivity index (χ1v) is 7.43. The predicted molar refractivity (Wildman–Crippen MR) is 84.4 cm³/mol. The smallest absolute Gasteiger partial charge is 0.305 e. The number of carbonyl (C=O) groups is 1. The molecule has 0 bridgehead atoms. The van der Waals surface area contributed by atoms with Crippen LogP contribution in [-0.2, 0) is 9.53 Å². The number of terminal acetylenes is 1. The Morgan fingerprint density at radius 3 is 3.14 bits per heavy atom. The highest BCUT2D eigenvalue weighted by atomic mass is 16.5. The zero-order chi connectivity index (χ0) is 15.6. The maximum atomic E-state index is 11.4. The third-order valence-electron chi connectivity index (χ3n) is 3.10. The van der Waals surface area contributed by atoms with E-state index in [1.807, 2.05) is 12.1 Å². The Labute approximate surface area is 129 Å². The lowest BCUT2D eigenvalue weighted by atomic mass is 10.2. The van der Waals surface area contributed by atoms with E-state index in [0.717, 1.165) is 30.7 Å². The largest absolute Gasteiger partial charge is 0.466 e. The first kappa shape index (κ1) is 15.8. The van der Waals surface area contributed by atoms with Crippen LogP contribution in [0.1, 0.15) is 32.1 Å². The Morgan fingerprint density at radius 2 is 2.27 bits per heavy atom. The minimum Gasteiger partial charge on any atom is -0.466 e. The number of hydrogen-bond donors (Lipinski definition) is 1. The highest BCUT2D eigenvalue weighted by Crippen LogP contribution is 2.05. The van der Waals surface area contributed by atoms with Crippen LogP contribution in [0, 0.1) is 12.3 Å². The van der Waals surface area contributed by atoms with Crippen molar-refractivity contribution in [1.82, 2.24) is 14.6 Å². The molecule has 1 N–H and O–H groups in total. The Hall–Kier alpha value is -2.55. The summed E-state index contributed by atoms with van der Waals surface area (Å²) in [4.78, 5) is 15.6. The van der Waals surface area contributed by atoms with Crippen molar-refractivity contribution >= 4 is 17.4 Å². The van der Waals surface area contributed by atoms with Gasteiger partial charge in [-0.15, -0.1) is 17.4 Å². The molecule has 6 nitrogen and oxygen atoms in total. The second-order valence-corrected chi connectivity index (χ2v) is 4.86. The summed E-state index contributed by atoms with van der Waals surface area (Å²) in [6, 6.07) is 3.77. The predicted octanol–water partition coefficient (Wildman–Crippen LogP) is 2.27. The number of hydrogen-bond acceptors (Lipinski definition) is 5. The summed E-state index contributed by atoms with van der Waals surface area (Å²) in [6.07, 6.45) is 12.2. The van der Waals surface area contributed by atoms with Crippen LogP contribution in [0.2, 0.25) is 0 Å². The molecule has 2 aromatic heterocycles. The molecule has 0 saturated carbocycles. The van der Waals surface area contributed by atoms with Gasteiger partial charge in [0, 0.05) is 31.8 Å². The van der Waals surface area contributed by atoms with Gasteiger partial charge < -0.3 is 10.1 Å². The number of anilines is 1. The van der Waals surface area contributed by atoms with Crippen molar-refractivity contribution in [2.45, 2.75) is 32.1 Å². The Morgan fingerprint density at radius 1 is 1.36 bits per heavy atom. The molecule has 6 heteroatoms. The van der Waals surface area contributed by atoms with Crippen molar-refractivity contribution in [1.29, 1.82) is 0 Å². The lowest BCUT2D eigenvalue weighted by molar-refractivity contribution is -0.143. The Balaban J connectivity index is 1.57. The van der Waals surface area contributed by atoms with Gasteiger partial charge in [-0.2, -0.15) is 0 Å². The number of ether oxygens (including phenoxy) is 1. The van der Waals surface area contributed by atoms with Crippen molar-refractivity contribution in [2.24, 2.45) is 0 Å². The minimum atomic E-state index is -0.157. The fourth-order valence-electron chi connectivity index (χ4n) is 1.95. The number of fused-ring (bicyclic) bond motifs is 1. The summed E-state index contributed by atoms with van der Waals surface area (Å²) in [5.41, 5.74) is 0.810. The van der Waals surface area contributed by atoms with Crippen LogP contribution < -0.4 is 5.32 Å². The molecule has 2 heterocycles. The molecule has 0 spiro atoms. The van der Waals surface area contributed by atoms with Crippen molar-refractivity contribution in [3.05, 3.63) is 24.5 Å². The van der Waals surface area contributed by atoms with Crippen LogP contribution in [0.15, 0.2) is 24.5 Å². The van der Waals surface area contributed by atoms with Gasteiger partial charge in [-0.1, -0.05) is 0 Å². The molecule has 2 rings (SSSR count). The fourth-order valence-corrected chi connectivity index (χ4v) is 1.95. The third kappa shape index (κ3) is 5.09. The maximum Gasteiger partial charge on any atom is 0.305 e. The second-order valence-electron chi connectivity index (χ2n) is 4.86. The number of carbonyl (C=O) groups excluding carboxylic acids is 1. The zero-order valence-electron chi connectivity index (χ0n) is 12.5. The van der Waals surface area contributed by atoms with Gasteiger partial charge in [-0.3, -0.25) is 4.79 Å². The van der Waals surface area contributed by atoms with E-state index in [1.165, 1.54) is 0 Å². The van der Waals surface area contributed by atoms with Crippen LogP contribution in [0.4, 0.5) is 5.82 Å².